The van der Waals surface area contributed by atoms with Crippen molar-refractivity contribution in [2.45, 2.75) is 23.2 Å². The Hall–Kier alpha value is -2.87. The van der Waals surface area contributed by atoms with Gasteiger partial charge in [-0.2, -0.15) is 0 Å². The third kappa shape index (κ3) is 4.89. The highest BCUT2D eigenvalue weighted by molar-refractivity contribution is 7.92. The molecule has 28 heavy (non-hydrogen) atoms. The van der Waals surface area contributed by atoms with Crippen molar-refractivity contribution in [2.24, 2.45) is 0 Å². The van der Waals surface area contributed by atoms with Crippen molar-refractivity contribution in [1.82, 2.24) is 10.2 Å². The minimum atomic E-state index is -3.48. The first kappa shape index (κ1) is 19.9. The maximum absolute atomic E-state index is 12.7. The number of sulfone groups is 1. The van der Waals surface area contributed by atoms with E-state index in [-0.39, 0.29) is 30.5 Å². The zero-order chi connectivity index (χ0) is 20.0. The third-order valence-electron chi connectivity index (χ3n) is 4.60. The standard InChI is InChI=1S/C20H22N2O5S/c23-19(13-21-20(24)27-15-16-7-3-1-4-8-16)22-12-11-18(14-22)28(25,26)17-9-5-2-6-10-17/h1-10,18H,11-15H2,(H,21,24). The van der Waals surface area contributed by atoms with Gasteiger partial charge in [0.25, 0.3) is 0 Å². The smallest absolute Gasteiger partial charge is 0.407 e. The number of carbonyl (C=O) groups excluding carboxylic acids is 2. The third-order valence-corrected chi connectivity index (χ3v) is 6.80. The number of amides is 2. The predicted octanol–water partition coefficient (Wildman–Crippen LogP) is 1.99. The quantitative estimate of drug-likeness (QED) is 0.798. The fourth-order valence-electron chi connectivity index (χ4n) is 3.04. The maximum atomic E-state index is 12.7. The molecule has 7 nitrogen and oxygen atoms in total. The van der Waals surface area contributed by atoms with Crippen LogP contribution in [0.4, 0.5) is 4.79 Å². The summed E-state index contributed by atoms with van der Waals surface area (Å²) in [4.78, 5) is 25.8. The molecule has 2 aromatic carbocycles. The van der Waals surface area contributed by atoms with Gasteiger partial charge in [0, 0.05) is 13.1 Å². The second-order valence-corrected chi connectivity index (χ2v) is 8.75. The molecule has 0 bridgehead atoms. The van der Waals surface area contributed by atoms with Crippen LogP contribution in [0.1, 0.15) is 12.0 Å². The molecule has 0 radical (unpaired) electrons. The van der Waals surface area contributed by atoms with Crippen LogP contribution in [-0.4, -0.2) is 50.2 Å². The second-order valence-electron chi connectivity index (χ2n) is 6.52. The van der Waals surface area contributed by atoms with Crippen molar-refractivity contribution in [3.8, 4) is 0 Å². The Balaban J connectivity index is 1.46. The fraction of sp³-hybridized carbons (Fsp3) is 0.300. The van der Waals surface area contributed by atoms with Crippen LogP contribution in [0.25, 0.3) is 0 Å². The minimum Gasteiger partial charge on any atom is -0.445 e. The van der Waals surface area contributed by atoms with Crippen molar-refractivity contribution in [3.05, 3.63) is 66.2 Å². The van der Waals surface area contributed by atoms with E-state index in [4.69, 9.17) is 4.74 Å². The van der Waals surface area contributed by atoms with Gasteiger partial charge in [0.1, 0.15) is 13.2 Å². The number of nitrogens with one attached hydrogen (secondary N) is 1. The van der Waals surface area contributed by atoms with Gasteiger partial charge in [0.2, 0.25) is 5.91 Å². The molecule has 8 heteroatoms. The maximum Gasteiger partial charge on any atom is 0.407 e. The van der Waals surface area contributed by atoms with E-state index < -0.39 is 21.2 Å². The molecule has 148 valence electrons. The van der Waals surface area contributed by atoms with Crippen LogP contribution in [-0.2, 0) is 26.0 Å². The molecular weight excluding hydrogens is 380 g/mol. The van der Waals surface area contributed by atoms with Crippen LogP contribution >= 0.6 is 0 Å². The van der Waals surface area contributed by atoms with E-state index in [1.54, 1.807) is 30.3 Å². The van der Waals surface area contributed by atoms with E-state index in [0.29, 0.717) is 13.0 Å². The van der Waals surface area contributed by atoms with E-state index in [1.165, 1.54) is 4.90 Å². The predicted molar refractivity (Wildman–Crippen MR) is 103 cm³/mol. The highest BCUT2D eigenvalue weighted by Gasteiger charge is 2.35. The number of benzene rings is 2. The van der Waals surface area contributed by atoms with Crippen molar-refractivity contribution in [1.29, 1.82) is 0 Å². The highest BCUT2D eigenvalue weighted by atomic mass is 32.2. The van der Waals surface area contributed by atoms with Crippen molar-refractivity contribution >= 4 is 21.8 Å². The molecule has 1 aliphatic rings. The minimum absolute atomic E-state index is 0.113. The van der Waals surface area contributed by atoms with Crippen molar-refractivity contribution in [3.63, 3.8) is 0 Å². The highest BCUT2D eigenvalue weighted by Crippen LogP contribution is 2.23. The number of alkyl carbamates (subject to hydrolysis) is 1. The van der Waals surface area contributed by atoms with Crippen LogP contribution in [0.5, 0.6) is 0 Å². The Morgan fingerprint density at radius 1 is 1.04 bits per heavy atom. The first-order valence-electron chi connectivity index (χ1n) is 8.98. The van der Waals surface area contributed by atoms with Gasteiger partial charge in [-0.05, 0) is 24.1 Å². The molecule has 2 aromatic rings. The zero-order valence-corrected chi connectivity index (χ0v) is 16.1. The number of hydrogen-bond acceptors (Lipinski definition) is 5. The summed E-state index contributed by atoms with van der Waals surface area (Å²) in [5.74, 6) is -0.331. The number of carbonyl (C=O) groups is 2. The summed E-state index contributed by atoms with van der Waals surface area (Å²) in [6.07, 6.45) is -0.314. The topological polar surface area (TPSA) is 92.8 Å². The Labute approximate surface area is 164 Å². The van der Waals surface area contributed by atoms with Gasteiger partial charge in [-0.25, -0.2) is 13.2 Å². The Kier molecular flexibility index (Phi) is 6.30. The Morgan fingerprint density at radius 3 is 2.36 bits per heavy atom. The van der Waals surface area contributed by atoms with Crippen LogP contribution in [0.3, 0.4) is 0 Å². The molecule has 1 heterocycles. The van der Waals surface area contributed by atoms with E-state index >= 15 is 0 Å². The zero-order valence-electron chi connectivity index (χ0n) is 15.3. The van der Waals surface area contributed by atoms with Gasteiger partial charge in [-0.3, -0.25) is 4.79 Å². The summed E-state index contributed by atoms with van der Waals surface area (Å²) < 4.78 is 30.4. The van der Waals surface area contributed by atoms with Crippen molar-refractivity contribution < 1.29 is 22.7 Å². The molecule has 1 unspecified atom stereocenters. The van der Waals surface area contributed by atoms with Crippen LogP contribution in [0.2, 0.25) is 0 Å². The Morgan fingerprint density at radius 2 is 1.68 bits per heavy atom. The largest absolute Gasteiger partial charge is 0.445 e. The molecule has 1 N–H and O–H groups in total. The van der Waals surface area contributed by atoms with Gasteiger partial charge < -0.3 is 15.0 Å². The molecule has 1 atom stereocenters. The number of likely N-dealkylation sites (tertiary alicyclic amines) is 1. The molecule has 0 spiro atoms. The van der Waals surface area contributed by atoms with Crippen molar-refractivity contribution in [2.75, 3.05) is 19.6 Å². The molecule has 3 rings (SSSR count). The lowest BCUT2D eigenvalue weighted by Gasteiger charge is -2.17. The van der Waals surface area contributed by atoms with E-state index in [9.17, 15) is 18.0 Å². The lowest BCUT2D eigenvalue weighted by Crippen LogP contribution is -2.40. The molecule has 1 saturated heterocycles. The lowest BCUT2D eigenvalue weighted by atomic mass is 10.2. The second kappa shape index (κ2) is 8.88. The lowest BCUT2D eigenvalue weighted by molar-refractivity contribution is -0.129. The van der Waals surface area contributed by atoms with Crippen LogP contribution in [0.15, 0.2) is 65.6 Å². The molecule has 0 aromatic heterocycles. The molecule has 1 aliphatic heterocycles. The first-order chi connectivity index (χ1) is 13.5. The molecular formula is C20H22N2O5S. The summed E-state index contributed by atoms with van der Waals surface area (Å²) in [7, 11) is -3.48. The summed E-state index contributed by atoms with van der Waals surface area (Å²) in [5.41, 5.74) is 0.845. The van der Waals surface area contributed by atoms with Gasteiger partial charge in [0.15, 0.2) is 9.84 Å². The first-order valence-corrected chi connectivity index (χ1v) is 10.5. The normalized spacial score (nSPS) is 16.6. The van der Waals surface area contributed by atoms with E-state index in [0.717, 1.165) is 5.56 Å². The summed E-state index contributed by atoms with van der Waals surface area (Å²) in [6.45, 7) is 0.348. The van der Waals surface area contributed by atoms with Crippen LogP contribution < -0.4 is 5.32 Å². The number of nitrogens with zero attached hydrogens (tertiary/aromatic N) is 1. The summed E-state index contributed by atoms with van der Waals surface area (Å²) >= 11 is 0. The van der Waals surface area contributed by atoms with E-state index in [2.05, 4.69) is 5.32 Å². The fourth-order valence-corrected chi connectivity index (χ4v) is 4.76. The Bertz CT molecular complexity index is 916. The number of ether oxygens (including phenoxy) is 1. The summed E-state index contributed by atoms with van der Waals surface area (Å²) in [6, 6.07) is 17.4. The molecule has 0 aliphatic carbocycles. The SMILES string of the molecule is O=C(NCC(=O)N1CCC(S(=O)(=O)c2ccccc2)C1)OCc1ccccc1. The monoisotopic (exact) mass is 402 g/mol. The van der Waals surface area contributed by atoms with Gasteiger partial charge in [0.05, 0.1) is 10.1 Å². The van der Waals surface area contributed by atoms with Gasteiger partial charge >= 0.3 is 6.09 Å². The van der Waals surface area contributed by atoms with E-state index in [1.807, 2.05) is 30.3 Å². The average molecular weight is 402 g/mol. The van der Waals surface area contributed by atoms with Gasteiger partial charge in [-0.1, -0.05) is 48.5 Å². The average Bonchev–Trinajstić information content (AvgIpc) is 3.23. The molecule has 1 fully saturated rings. The number of rotatable bonds is 6. The van der Waals surface area contributed by atoms with Crippen LogP contribution in [0, 0.1) is 0 Å². The number of hydrogen-bond donors (Lipinski definition) is 1. The summed E-state index contributed by atoms with van der Waals surface area (Å²) in [5, 5.41) is 1.78. The molecule has 2 amide bonds. The molecule has 0 saturated carbocycles. The van der Waals surface area contributed by atoms with Gasteiger partial charge in [-0.15, -0.1) is 0 Å².